The van der Waals surface area contributed by atoms with Crippen LogP contribution >= 0.6 is 0 Å². The highest BCUT2D eigenvalue weighted by atomic mass is 16.4. The van der Waals surface area contributed by atoms with Crippen molar-refractivity contribution in [2.75, 3.05) is 5.32 Å². The third-order valence-corrected chi connectivity index (χ3v) is 3.65. The number of fused-ring (bicyclic) bond motifs is 1. The summed E-state index contributed by atoms with van der Waals surface area (Å²) < 4.78 is 6.43. The van der Waals surface area contributed by atoms with E-state index in [1.807, 2.05) is 0 Å². The number of hydrogen-bond acceptors (Lipinski definition) is 6. The largest absolute Gasteiger partial charge is 0.430 e. The lowest BCUT2D eigenvalue weighted by Crippen LogP contribution is -2.17. The maximum Gasteiger partial charge on any atom is 0.343 e. The Morgan fingerprint density at radius 2 is 1.84 bits per heavy atom. The van der Waals surface area contributed by atoms with Crippen molar-refractivity contribution in [2.24, 2.45) is 0 Å². The van der Waals surface area contributed by atoms with Gasteiger partial charge < -0.3 is 4.42 Å². The molecule has 0 fully saturated rings. The van der Waals surface area contributed by atoms with Crippen molar-refractivity contribution in [3.05, 3.63) is 77.4 Å². The molecule has 0 atom stereocenters. The van der Waals surface area contributed by atoms with Gasteiger partial charge in [-0.25, -0.2) is 4.79 Å². The van der Waals surface area contributed by atoms with Crippen LogP contribution in [0.1, 0.15) is 10.4 Å². The Balaban J connectivity index is 1.72. The first-order valence-electron chi connectivity index (χ1n) is 7.36. The fraction of sp³-hybridized carbons (Fsp3) is 0. The molecule has 0 unspecified atom stereocenters. The van der Waals surface area contributed by atoms with Crippen LogP contribution in [-0.2, 0) is 0 Å². The van der Waals surface area contributed by atoms with E-state index in [2.05, 4.69) is 20.4 Å². The fourth-order valence-corrected chi connectivity index (χ4v) is 2.48. The number of nitrogens with one attached hydrogen (secondary N) is 1. The molecule has 3 heterocycles. The van der Waals surface area contributed by atoms with E-state index >= 15 is 0 Å². The van der Waals surface area contributed by atoms with Gasteiger partial charge in [0.15, 0.2) is 0 Å². The Bertz CT molecular complexity index is 1120. The molecule has 0 aliphatic carbocycles. The Morgan fingerprint density at radius 1 is 1.08 bits per heavy atom. The SMILES string of the molecule is O=C(Nc1ncnn1-c1ccncc1)c1coc(=O)c2ccccc12. The van der Waals surface area contributed by atoms with Crippen molar-refractivity contribution in [2.45, 2.75) is 0 Å². The number of pyridine rings is 1. The number of aromatic nitrogens is 4. The second kappa shape index (κ2) is 6.00. The summed E-state index contributed by atoms with van der Waals surface area (Å²) >= 11 is 0. The van der Waals surface area contributed by atoms with Gasteiger partial charge in [-0.05, 0) is 18.2 Å². The zero-order chi connectivity index (χ0) is 17.2. The molecule has 4 rings (SSSR count). The molecule has 122 valence electrons. The van der Waals surface area contributed by atoms with Crippen molar-refractivity contribution in [1.29, 1.82) is 0 Å². The van der Waals surface area contributed by atoms with E-state index in [4.69, 9.17) is 4.42 Å². The Labute approximate surface area is 140 Å². The molecule has 8 nitrogen and oxygen atoms in total. The van der Waals surface area contributed by atoms with Gasteiger partial charge in [-0.15, -0.1) is 0 Å². The molecule has 0 bridgehead atoms. The number of benzene rings is 1. The van der Waals surface area contributed by atoms with E-state index in [1.54, 1.807) is 48.8 Å². The summed E-state index contributed by atoms with van der Waals surface area (Å²) in [5.41, 5.74) is 0.443. The van der Waals surface area contributed by atoms with Gasteiger partial charge in [-0.2, -0.15) is 14.8 Å². The molecule has 0 aliphatic rings. The van der Waals surface area contributed by atoms with Gasteiger partial charge in [0.25, 0.3) is 5.91 Å². The highest BCUT2D eigenvalue weighted by Gasteiger charge is 2.16. The molecule has 1 aromatic carbocycles. The molecule has 0 aliphatic heterocycles. The fourth-order valence-electron chi connectivity index (χ4n) is 2.48. The molecule has 0 saturated heterocycles. The molecule has 1 amide bonds. The molecule has 0 spiro atoms. The Kier molecular flexibility index (Phi) is 3.55. The van der Waals surface area contributed by atoms with Crippen LogP contribution in [0.15, 0.2) is 70.6 Å². The summed E-state index contributed by atoms with van der Waals surface area (Å²) in [5.74, 6) is -0.213. The minimum atomic E-state index is -0.493. The number of carbonyl (C=O) groups is 1. The lowest BCUT2D eigenvalue weighted by atomic mass is 10.1. The van der Waals surface area contributed by atoms with Crippen molar-refractivity contribution >= 4 is 22.6 Å². The van der Waals surface area contributed by atoms with Crippen LogP contribution in [-0.4, -0.2) is 25.7 Å². The maximum absolute atomic E-state index is 12.7. The van der Waals surface area contributed by atoms with E-state index in [0.29, 0.717) is 16.5 Å². The predicted octanol–water partition coefficient (Wildman–Crippen LogP) is 2.02. The van der Waals surface area contributed by atoms with E-state index in [1.165, 1.54) is 11.0 Å². The second-order valence-corrected chi connectivity index (χ2v) is 5.14. The summed E-state index contributed by atoms with van der Waals surface area (Å²) in [7, 11) is 0. The van der Waals surface area contributed by atoms with Gasteiger partial charge in [-0.3, -0.25) is 15.1 Å². The van der Waals surface area contributed by atoms with Gasteiger partial charge in [0.05, 0.1) is 16.6 Å². The molecule has 25 heavy (non-hydrogen) atoms. The highest BCUT2D eigenvalue weighted by molar-refractivity contribution is 6.11. The number of anilines is 1. The van der Waals surface area contributed by atoms with Crippen LogP contribution in [0.25, 0.3) is 16.5 Å². The average molecular weight is 333 g/mol. The first-order chi connectivity index (χ1) is 12.2. The highest BCUT2D eigenvalue weighted by Crippen LogP contribution is 2.17. The zero-order valence-electron chi connectivity index (χ0n) is 12.8. The van der Waals surface area contributed by atoms with Crippen LogP contribution in [0, 0.1) is 0 Å². The number of carbonyl (C=O) groups excluding carboxylic acids is 1. The number of amides is 1. The van der Waals surface area contributed by atoms with Crippen molar-refractivity contribution in [3.8, 4) is 5.69 Å². The topological polar surface area (TPSA) is 103 Å². The Hall–Kier alpha value is -3.81. The van der Waals surface area contributed by atoms with Gasteiger partial charge in [-0.1, -0.05) is 18.2 Å². The molecule has 1 N–H and O–H groups in total. The van der Waals surface area contributed by atoms with Crippen molar-refractivity contribution < 1.29 is 9.21 Å². The van der Waals surface area contributed by atoms with Gasteiger partial charge >= 0.3 is 5.63 Å². The lowest BCUT2D eigenvalue weighted by molar-refractivity contribution is 0.102. The van der Waals surface area contributed by atoms with Gasteiger partial charge in [0, 0.05) is 17.8 Å². The summed E-state index contributed by atoms with van der Waals surface area (Å²) in [6.45, 7) is 0. The minimum Gasteiger partial charge on any atom is -0.430 e. The molecule has 8 heteroatoms. The average Bonchev–Trinajstić information content (AvgIpc) is 3.11. The van der Waals surface area contributed by atoms with Crippen LogP contribution in [0.2, 0.25) is 0 Å². The maximum atomic E-state index is 12.7. The summed E-state index contributed by atoms with van der Waals surface area (Å²) in [6.07, 6.45) is 5.70. The van der Waals surface area contributed by atoms with Crippen LogP contribution < -0.4 is 10.9 Å². The van der Waals surface area contributed by atoms with Crippen LogP contribution in [0.4, 0.5) is 5.95 Å². The van der Waals surface area contributed by atoms with Gasteiger partial charge in [0.2, 0.25) is 5.95 Å². The second-order valence-electron chi connectivity index (χ2n) is 5.14. The third kappa shape index (κ3) is 2.65. The lowest BCUT2D eigenvalue weighted by Gasteiger charge is -2.08. The molecule has 0 radical (unpaired) electrons. The number of rotatable bonds is 3. The summed E-state index contributed by atoms with van der Waals surface area (Å²) in [5, 5.41) is 7.63. The number of nitrogens with zero attached hydrogens (tertiary/aromatic N) is 4. The summed E-state index contributed by atoms with van der Waals surface area (Å²) in [6, 6.07) is 10.2. The van der Waals surface area contributed by atoms with E-state index in [9.17, 15) is 9.59 Å². The van der Waals surface area contributed by atoms with E-state index in [-0.39, 0.29) is 11.5 Å². The smallest absolute Gasteiger partial charge is 0.343 e. The minimum absolute atomic E-state index is 0.236. The normalized spacial score (nSPS) is 10.7. The summed E-state index contributed by atoms with van der Waals surface area (Å²) in [4.78, 5) is 32.4. The third-order valence-electron chi connectivity index (χ3n) is 3.65. The molecular weight excluding hydrogens is 322 g/mol. The molecule has 0 saturated carbocycles. The Morgan fingerprint density at radius 3 is 2.64 bits per heavy atom. The van der Waals surface area contributed by atoms with E-state index in [0.717, 1.165) is 6.26 Å². The van der Waals surface area contributed by atoms with Crippen molar-refractivity contribution in [1.82, 2.24) is 19.7 Å². The monoisotopic (exact) mass is 333 g/mol. The van der Waals surface area contributed by atoms with Crippen molar-refractivity contribution in [3.63, 3.8) is 0 Å². The molecular formula is C17H11N5O3. The molecule has 4 aromatic rings. The first-order valence-corrected chi connectivity index (χ1v) is 7.36. The van der Waals surface area contributed by atoms with Crippen LogP contribution in [0.3, 0.4) is 0 Å². The van der Waals surface area contributed by atoms with Gasteiger partial charge in [0.1, 0.15) is 12.6 Å². The number of hydrogen-bond donors (Lipinski definition) is 1. The quantitative estimate of drug-likeness (QED) is 0.615. The van der Waals surface area contributed by atoms with E-state index < -0.39 is 11.5 Å². The molecule has 3 aromatic heterocycles. The predicted molar refractivity (Wildman–Crippen MR) is 89.6 cm³/mol. The first kappa shape index (κ1) is 14.8. The zero-order valence-corrected chi connectivity index (χ0v) is 12.8. The standard InChI is InChI=1S/C17H11N5O3/c23-15(14-9-25-16(24)13-4-2-1-3-12(13)14)21-17-19-10-20-22(17)11-5-7-18-8-6-11/h1-10H,(H,19,20,21,23). The van der Waals surface area contributed by atoms with Crippen LogP contribution in [0.5, 0.6) is 0 Å².